The van der Waals surface area contributed by atoms with E-state index in [-0.39, 0.29) is 11.1 Å². The van der Waals surface area contributed by atoms with E-state index in [0.29, 0.717) is 17.9 Å². The van der Waals surface area contributed by atoms with E-state index in [4.69, 9.17) is 17.4 Å². The average Bonchev–Trinajstić information content (AvgIpc) is 2.44. The highest BCUT2D eigenvalue weighted by Crippen LogP contribution is 2.13. The van der Waals surface area contributed by atoms with E-state index in [1.54, 1.807) is 0 Å². The highest BCUT2D eigenvalue weighted by Gasteiger charge is 2.09. The number of pyridine rings is 2. The molecule has 104 valence electrons. The molecule has 0 spiro atoms. The summed E-state index contributed by atoms with van der Waals surface area (Å²) in [7, 11) is 0. The van der Waals surface area contributed by atoms with E-state index in [2.05, 4.69) is 20.7 Å². The van der Waals surface area contributed by atoms with Crippen LogP contribution in [0.3, 0.4) is 0 Å². The van der Waals surface area contributed by atoms with Gasteiger partial charge < -0.3 is 10.7 Å². The minimum atomic E-state index is -0.269. The van der Waals surface area contributed by atoms with Gasteiger partial charge in [0.1, 0.15) is 11.0 Å². The van der Waals surface area contributed by atoms with Crippen molar-refractivity contribution >= 4 is 23.3 Å². The SMILES string of the molecule is Cc1cccc(CNC(=O)c2cc(Cl)nc(NN)c2)n1. The van der Waals surface area contributed by atoms with Crippen LogP contribution in [0.5, 0.6) is 0 Å². The van der Waals surface area contributed by atoms with E-state index in [9.17, 15) is 4.79 Å². The number of nitrogens with zero attached hydrogens (tertiary/aromatic N) is 2. The molecule has 2 heterocycles. The molecule has 0 fully saturated rings. The predicted octanol–water partition coefficient (Wildman–Crippen LogP) is 1.65. The molecule has 2 aromatic heterocycles. The standard InChI is InChI=1S/C13H14ClN5O/c1-8-3-2-4-10(17-8)7-16-13(20)9-5-11(14)18-12(6-9)19-15/h2-6H,7,15H2,1H3,(H,16,20)(H,18,19). The lowest BCUT2D eigenvalue weighted by atomic mass is 10.2. The van der Waals surface area contributed by atoms with Gasteiger partial charge in [-0.25, -0.2) is 10.8 Å². The number of carbonyl (C=O) groups is 1. The third-order valence-corrected chi connectivity index (χ3v) is 2.77. The van der Waals surface area contributed by atoms with Gasteiger partial charge in [-0.05, 0) is 31.2 Å². The van der Waals surface area contributed by atoms with Gasteiger partial charge in [0.25, 0.3) is 5.91 Å². The summed E-state index contributed by atoms with van der Waals surface area (Å²) in [5, 5.41) is 2.96. The van der Waals surface area contributed by atoms with E-state index in [1.807, 2.05) is 25.1 Å². The zero-order chi connectivity index (χ0) is 14.5. The van der Waals surface area contributed by atoms with Crippen molar-refractivity contribution in [3.63, 3.8) is 0 Å². The van der Waals surface area contributed by atoms with Crippen molar-refractivity contribution in [3.05, 3.63) is 52.4 Å². The normalized spacial score (nSPS) is 10.2. The molecule has 4 N–H and O–H groups in total. The number of aryl methyl sites for hydroxylation is 1. The molecular weight excluding hydrogens is 278 g/mol. The third kappa shape index (κ3) is 3.66. The van der Waals surface area contributed by atoms with Crippen LogP contribution in [-0.2, 0) is 6.54 Å². The van der Waals surface area contributed by atoms with Crippen molar-refractivity contribution in [1.29, 1.82) is 0 Å². The summed E-state index contributed by atoms with van der Waals surface area (Å²) in [6, 6.07) is 8.63. The van der Waals surface area contributed by atoms with E-state index in [0.717, 1.165) is 11.4 Å². The number of carbonyl (C=O) groups excluding carboxylic acids is 1. The van der Waals surface area contributed by atoms with Crippen LogP contribution in [0, 0.1) is 6.92 Å². The minimum absolute atomic E-state index is 0.194. The van der Waals surface area contributed by atoms with Gasteiger partial charge in [0.2, 0.25) is 0 Å². The number of amides is 1. The number of nitrogen functional groups attached to an aromatic ring is 1. The van der Waals surface area contributed by atoms with Crippen LogP contribution >= 0.6 is 11.6 Å². The molecule has 0 aliphatic carbocycles. The topological polar surface area (TPSA) is 92.9 Å². The molecule has 0 bridgehead atoms. The molecule has 1 amide bonds. The van der Waals surface area contributed by atoms with E-state index in [1.165, 1.54) is 12.1 Å². The molecule has 2 aromatic rings. The Hall–Kier alpha value is -2.18. The highest BCUT2D eigenvalue weighted by molar-refractivity contribution is 6.29. The summed E-state index contributed by atoms with van der Waals surface area (Å²) in [4.78, 5) is 20.2. The number of hydrogen-bond donors (Lipinski definition) is 3. The number of nitrogens with one attached hydrogen (secondary N) is 2. The van der Waals surface area contributed by atoms with Crippen LogP contribution < -0.4 is 16.6 Å². The van der Waals surface area contributed by atoms with Crippen molar-refractivity contribution in [1.82, 2.24) is 15.3 Å². The Bertz CT molecular complexity index is 632. The second kappa shape index (κ2) is 6.31. The second-order valence-electron chi connectivity index (χ2n) is 4.16. The third-order valence-electron chi connectivity index (χ3n) is 2.58. The number of hydrogen-bond acceptors (Lipinski definition) is 5. The van der Waals surface area contributed by atoms with E-state index < -0.39 is 0 Å². The van der Waals surface area contributed by atoms with Crippen molar-refractivity contribution in [2.24, 2.45) is 5.84 Å². The molecular formula is C13H14ClN5O. The highest BCUT2D eigenvalue weighted by atomic mass is 35.5. The maximum atomic E-state index is 12.0. The van der Waals surface area contributed by atoms with E-state index >= 15 is 0 Å². The Morgan fingerprint density at radius 3 is 2.85 bits per heavy atom. The van der Waals surface area contributed by atoms with Gasteiger partial charge in [-0.3, -0.25) is 9.78 Å². The van der Waals surface area contributed by atoms with Gasteiger partial charge in [0, 0.05) is 11.3 Å². The summed E-state index contributed by atoms with van der Waals surface area (Å²) in [5.41, 5.74) is 4.43. The smallest absolute Gasteiger partial charge is 0.251 e. The number of rotatable bonds is 4. The number of halogens is 1. The van der Waals surface area contributed by atoms with Crippen LogP contribution in [0.25, 0.3) is 0 Å². The molecule has 0 saturated heterocycles. The fourth-order valence-corrected chi connectivity index (χ4v) is 1.88. The van der Waals surface area contributed by atoms with Gasteiger partial charge in [0.05, 0.1) is 12.2 Å². The molecule has 0 aliphatic rings. The lowest BCUT2D eigenvalue weighted by Gasteiger charge is -2.07. The Morgan fingerprint density at radius 1 is 1.35 bits per heavy atom. The number of anilines is 1. The van der Waals surface area contributed by atoms with Crippen molar-refractivity contribution in [2.45, 2.75) is 13.5 Å². The number of nitrogens with two attached hydrogens (primary N) is 1. The fraction of sp³-hybridized carbons (Fsp3) is 0.154. The fourth-order valence-electron chi connectivity index (χ4n) is 1.67. The Kier molecular flexibility index (Phi) is 4.49. The van der Waals surface area contributed by atoms with Gasteiger partial charge >= 0.3 is 0 Å². The lowest BCUT2D eigenvalue weighted by molar-refractivity contribution is 0.0950. The first kappa shape index (κ1) is 14.2. The largest absolute Gasteiger partial charge is 0.346 e. The molecule has 7 heteroatoms. The number of aromatic nitrogens is 2. The molecule has 0 atom stereocenters. The molecule has 0 saturated carbocycles. The molecule has 0 unspecified atom stereocenters. The van der Waals surface area contributed by atoms with Crippen molar-refractivity contribution in [3.8, 4) is 0 Å². The Morgan fingerprint density at radius 2 is 2.15 bits per heavy atom. The maximum Gasteiger partial charge on any atom is 0.251 e. The van der Waals surface area contributed by atoms with Crippen molar-refractivity contribution in [2.75, 3.05) is 5.43 Å². The molecule has 20 heavy (non-hydrogen) atoms. The summed E-state index contributed by atoms with van der Waals surface area (Å²) in [6.45, 7) is 2.24. The summed E-state index contributed by atoms with van der Waals surface area (Å²) < 4.78 is 0. The number of hydrazine groups is 1. The summed E-state index contributed by atoms with van der Waals surface area (Å²) >= 11 is 5.81. The van der Waals surface area contributed by atoms with Gasteiger partial charge in [0.15, 0.2) is 0 Å². The van der Waals surface area contributed by atoms with Gasteiger partial charge in [-0.15, -0.1) is 0 Å². The first-order valence-electron chi connectivity index (χ1n) is 5.93. The monoisotopic (exact) mass is 291 g/mol. The molecule has 2 rings (SSSR count). The molecule has 0 radical (unpaired) electrons. The second-order valence-corrected chi connectivity index (χ2v) is 4.55. The Labute approximate surface area is 121 Å². The van der Waals surface area contributed by atoms with Crippen LogP contribution in [0.1, 0.15) is 21.7 Å². The van der Waals surface area contributed by atoms with Crippen LogP contribution in [0.2, 0.25) is 5.15 Å². The quantitative estimate of drug-likeness (QED) is 0.452. The Balaban J connectivity index is 2.07. The predicted molar refractivity (Wildman–Crippen MR) is 77.2 cm³/mol. The lowest BCUT2D eigenvalue weighted by Crippen LogP contribution is -2.24. The molecule has 6 nitrogen and oxygen atoms in total. The summed E-state index contributed by atoms with van der Waals surface area (Å²) in [5.74, 6) is 5.32. The van der Waals surface area contributed by atoms with Crippen LogP contribution in [-0.4, -0.2) is 15.9 Å². The first-order chi connectivity index (χ1) is 9.58. The maximum absolute atomic E-state index is 12.0. The zero-order valence-corrected chi connectivity index (χ0v) is 11.6. The van der Waals surface area contributed by atoms with Crippen LogP contribution in [0.15, 0.2) is 30.3 Å². The minimum Gasteiger partial charge on any atom is -0.346 e. The van der Waals surface area contributed by atoms with Crippen molar-refractivity contribution < 1.29 is 4.79 Å². The molecule has 0 aromatic carbocycles. The summed E-state index contributed by atoms with van der Waals surface area (Å²) in [6.07, 6.45) is 0. The van der Waals surface area contributed by atoms with Gasteiger partial charge in [-0.1, -0.05) is 17.7 Å². The average molecular weight is 292 g/mol. The zero-order valence-electron chi connectivity index (χ0n) is 10.9. The van der Waals surface area contributed by atoms with Crippen LogP contribution in [0.4, 0.5) is 5.82 Å². The molecule has 0 aliphatic heterocycles. The van der Waals surface area contributed by atoms with Gasteiger partial charge in [-0.2, -0.15) is 0 Å². The first-order valence-corrected chi connectivity index (χ1v) is 6.31.